The molecule has 0 bridgehead atoms. The molecular formula is C19H22N2O3. The lowest BCUT2D eigenvalue weighted by molar-refractivity contribution is -0.116. The summed E-state index contributed by atoms with van der Waals surface area (Å²) < 4.78 is 5.16. The Balaban J connectivity index is 1.85. The van der Waals surface area contributed by atoms with Crippen molar-refractivity contribution in [2.75, 3.05) is 19.0 Å². The SMILES string of the molecule is COc1ccccc1C(=O)NCCC(=O)Nc1cc(C)cc(C)c1. The normalized spacial score (nSPS) is 10.1. The van der Waals surface area contributed by atoms with Crippen LogP contribution in [-0.4, -0.2) is 25.5 Å². The molecule has 0 aromatic heterocycles. The van der Waals surface area contributed by atoms with Crippen LogP contribution in [0.1, 0.15) is 27.9 Å². The Kier molecular flexibility index (Phi) is 5.95. The third-order valence-corrected chi connectivity index (χ3v) is 3.49. The highest BCUT2D eigenvalue weighted by atomic mass is 16.5. The van der Waals surface area contributed by atoms with Gasteiger partial charge in [-0.3, -0.25) is 9.59 Å². The maximum Gasteiger partial charge on any atom is 0.255 e. The zero-order valence-corrected chi connectivity index (χ0v) is 14.2. The highest BCUT2D eigenvalue weighted by Crippen LogP contribution is 2.17. The van der Waals surface area contributed by atoms with Crippen molar-refractivity contribution >= 4 is 17.5 Å². The van der Waals surface area contributed by atoms with Crippen LogP contribution >= 0.6 is 0 Å². The highest BCUT2D eigenvalue weighted by molar-refractivity contribution is 5.97. The van der Waals surface area contributed by atoms with Gasteiger partial charge in [0.15, 0.2) is 0 Å². The fourth-order valence-electron chi connectivity index (χ4n) is 2.49. The predicted molar refractivity (Wildman–Crippen MR) is 94.5 cm³/mol. The van der Waals surface area contributed by atoms with Gasteiger partial charge in [0.25, 0.3) is 5.91 Å². The number of nitrogens with one attached hydrogen (secondary N) is 2. The first kappa shape index (κ1) is 17.5. The molecule has 0 heterocycles. The number of ether oxygens (including phenoxy) is 1. The molecule has 2 amide bonds. The fourth-order valence-corrected chi connectivity index (χ4v) is 2.49. The number of carbonyl (C=O) groups excluding carboxylic acids is 2. The molecular weight excluding hydrogens is 304 g/mol. The van der Waals surface area contributed by atoms with Crippen molar-refractivity contribution in [3.8, 4) is 5.75 Å². The van der Waals surface area contributed by atoms with E-state index in [1.807, 2.05) is 32.0 Å². The van der Waals surface area contributed by atoms with Gasteiger partial charge in [-0.15, -0.1) is 0 Å². The Labute approximate surface area is 142 Å². The Morgan fingerprint density at radius 3 is 2.38 bits per heavy atom. The zero-order valence-electron chi connectivity index (χ0n) is 14.2. The lowest BCUT2D eigenvalue weighted by Gasteiger charge is -2.10. The number of rotatable bonds is 6. The summed E-state index contributed by atoms with van der Waals surface area (Å²) in [6.07, 6.45) is 0.202. The molecule has 0 unspecified atom stereocenters. The van der Waals surface area contributed by atoms with Crippen LogP contribution in [-0.2, 0) is 4.79 Å². The summed E-state index contributed by atoms with van der Waals surface area (Å²) in [4.78, 5) is 24.1. The third-order valence-electron chi connectivity index (χ3n) is 3.49. The second-order valence-electron chi connectivity index (χ2n) is 5.63. The van der Waals surface area contributed by atoms with Crippen LogP contribution in [0.15, 0.2) is 42.5 Å². The first-order valence-corrected chi connectivity index (χ1v) is 7.79. The van der Waals surface area contributed by atoms with E-state index in [2.05, 4.69) is 10.6 Å². The van der Waals surface area contributed by atoms with E-state index in [0.717, 1.165) is 16.8 Å². The zero-order chi connectivity index (χ0) is 17.5. The molecule has 0 saturated carbocycles. The van der Waals surface area contributed by atoms with Gasteiger partial charge >= 0.3 is 0 Å². The molecule has 0 atom stereocenters. The standard InChI is InChI=1S/C19H22N2O3/c1-13-10-14(2)12-15(11-13)21-18(22)8-9-20-19(23)16-6-4-5-7-17(16)24-3/h4-7,10-12H,8-9H2,1-3H3,(H,20,23)(H,21,22). The smallest absolute Gasteiger partial charge is 0.255 e. The Hall–Kier alpha value is -2.82. The summed E-state index contributed by atoms with van der Waals surface area (Å²) in [7, 11) is 1.52. The van der Waals surface area contributed by atoms with Crippen molar-refractivity contribution in [3.05, 3.63) is 59.2 Å². The minimum Gasteiger partial charge on any atom is -0.496 e. The third kappa shape index (κ3) is 4.84. The van der Waals surface area contributed by atoms with E-state index < -0.39 is 0 Å². The van der Waals surface area contributed by atoms with E-state index in [-0.39, 0.29) is 24.8 Å². The number of benzene rings is 2. The van der Waals surface area contributed by atoms with Gasteiger partial charge in [0.1, 0.15) is 5.75 Å². The first-order chi connectivity index (χ1) is 11.5. The summed E-state index contributed by atoms with van der Waals surface area (Å²) in [6.45, 7) is 4.22. The van der Waals surface area contributed by atoms with E-state index >= 15 is 0 Å². The molecule has 0 spiro atoms. The molecule has 5 nitrogen and oxygen atoms in total. The number of aryl methyl sites for hydroxylation is 2. The molecule has 0 fully saturated rings. The predicted octanol–water partition coefficient (Wildman–Crippen LogP) is 3.07. The Morgan fingerprint density at radius 2 is 1.71 bits per heavy atom. The van der Waals surface area contributed by atoms with E-state index in [1.165, 1.54) is 7.11 Å². The average Bonchev–Trinajstić information content (AvgIpc) is 2.53. The van der Waals surface area contributed by atoms with Crippen molar-refractivity contribution in [3.63, 3.8) is 0 Å². The van der Waals surface area contributed by atoms with Crippen molar-refractivity contribution in [1.29, 1.82) is 0 Å². The maximum absolute atomic E-state index is 12.1. The molecule has 2 aromatic carbocycles. The molecule has 0 aliphatic carbocycles. The molecule has 24 heavy (non-hydrogen) atoms. The molecule has 5 heteroatoms. The number of amides is 2. The molecule has 2 aromatic rings. The molecule has 2 rings (SSSR count). The Morgan fingerprint density at radius 1 is 1.04 bits per heavy atom. The monoisotopic (exact) mass is 326 g/mol. The highest BCUT2D eigenvalue weighted by Gasteiger charge is 2.11. The largest absolute Gasteiger partial charge is 0.496 e. The van der Waals surface area contributed by atoms with Crippen molar-refractivity contribution in [2.24, 2.45) is 0 Å². The topological polar surface area (TPSA) is 67.4 Å². The Bertz CT molecular complexity index is 721. The van der Waals surface area contributed by atoms with Crippen LogP contribution in [0.4, 0.5) is 5.69 Å². The van der Waals surface area contributed by atoms with Gasteiger partial charge in [-0.1, -0.05) is 18.2 Å². The number of anilines is 1. The van der Waals surface area contributed by atoms with Gasteiger partial charge in [-0.05, 0) is 49.2 Å². The molecule has 0 saturated heterocycles. The fraction of sp³-hybridized carbons (Fsp3) is 0.263. The van der Waals surface area contributed by atoms with Gasteiger partial charge in [0.2, 0.25) is 5.91 Å². The van der Waals surface area contributed by atoms with Crippen molar-refractivity contribution < 1.29 is 14.3 Å². The first-order valence-electron chi connectivity index (χ1n) is 7.79. The second kappa shape index (κ2) is 8.15. The van der Waals surface area contributed by atoms with E-state index in [9.17, 15) is 9.59 Å². The summed E-state index contributed by atoms with van der Waals surface area (Å²) in [5, 5.41) is 5.58. The number of para-hydroxylation sites is 1. The molecule has 126 valence electrons. The van der Waals surface area contributed by atoms with E-state index in [0.29, 0.717) is 11.3 Å². The number of hydrogen-bond acceptors (Lipinski definition) is 3. The summed E-state index contributed by atoms with van der Waals surface area (Å²) in [5.41, 5.74) is 3.41. The van der Waals surface area contributed by atoms with Gasteiger partial charge in [0.05, 0.1) is 12.7 Å². The van der Waals surface area contributed by atoms with Gasteiger partial charge in [-0.2, -0.15) is 0 Å². The number of hydrogen-bond donors (Lipinski definition) is 2. The van der Waals surface area contributed by atoms with Crippen LogP contribution in [0.25, 0.3) is 0 Å². The minimum atomic E-state index is -0.258. The van der Waals surface area contributed by atoms with Crippen LogP contribution in [0.5, 0.6) is 5.75 Å². The van der Waals surface area contributed by atoms with Crippen LogP contribution in [0, 0.1) is 13.8 Å². The summed E-state index contributed by atoms with van der Waals surface area (Å²) >= 11 is 0. The lowest BCUT2D eigenvalue weighted by atomic mass is 10.1. The molecule has 2 N–H and O–H groups in total. The molecule has 0 radical (unpaired) electrons. The van der Waals surface area contributed by atoms with Gasteiger partial charge in [0, 0.05) is 18.7 Å². The second-order valence-corrected chi connectivity index (χ2v) is 5.63. The summed E-state index contributed by atoms with van der Waals surface area (Å²) in [6, 6.07) is 12.8. The lowest BCUT2D eigenvalue weighted by Crippen LogP contribution is -2.28. The minimum absolute atomic E-state index is 0.139. The van der Waals surface area contributed by atoms with Crippen LogP contribution < -0.4 is 15.4 Å². The summed E-state index contributed by atoms with van der Waals surface area (Å²) in [5.74, 6) is 0.113. The van der Waals surface area contributed by atoms with E-state index in [1.54, 1.807) is 24.3 Å². The van der Waals surface area contributed by atoms with E-state index in [4.69, 9.17) is 4.74 Å². The van der Waals surface area contributed by atoms with Crippen molar-refractivity contribution in [2.45, 2.75) is 20.3 Å². The molecule has 0 aliphatic heterocycles. The van der Waals surface area contributed by atoms with Crippen LogP contribution in [0.2, 0.25) is 0 Å². The van der Waals surface area contributed by atoms with Crippen molar-refractivity contribution in [1.82, 2.24) is 5.32 Å². The average molecular weight is 326 g/mol. The van der Waals surface area contributed by atoms with Gasteiger partial charge in [-0.25, -0.2) is 0 Å². The maximum atomic E-state index is 12.1. The number of carbonyl (C=O) groups is 2. The molecule has 0 aliphatic rings. The number of methoxy groups -OCH3 is 1. The van der Waals surface area contributed by atoms with Crippen LogP contribution in [0.3, 0.4) is 0 Å². The van der Waals surface area contributed by atoms with Gasteiger partial charge < -0.3 is 15.4 Å². The quantitative estimate of drug-likeness (QED) is 0.857.